The smallest absolute Gasteiger partial charge is 0.338 e. The van der Waals surface area contributed by atoms with Crippen LogP contribution in [-0.4, -0.2) is 55.2 Å². The van der Waals surface area contributed by atoms with Gasteiger partial charge in [-0.1, -0.05) is 32.9 Å². The van der Waals surface area contributed by atoms with Gasteiger partial charge in [-0.15, -0.1) is 0 Å². The molecule has 0 saturated carbocycles. The van der Waals surface area contributed by atoms with Gasteiger partial charge in [-0.25, -0.2) is 14.4 Å². The van der Waals surface area contributed by atoms with Crippen LogP contribution >= 0.6 is 0 Å². The Morgan fingerprint density at radius 2 is 1.91 bits per heavy atom. The number of nitrogens with one attached hydrogen (secondary N) is 3. The Bertz CT molecular complexity index is 943. The zero-order valence-corrected chi connectivity index (χ0v) is 20.4. The Hall–Kier alpha value is -3.56. The molecule has 0 fully saturated rings. The number of amides is 4. The summed E-state index contributed by atoms with van der Waals surface area (Å²) in [4.78, 5) is 50.9. The van der Waals surface area contributed by atoms with Crippen molar-refractivity contribution in [3.05, 3.63) is 41.1 Å². The first-order chi connectivity index (χ1) is 16.2. The van der Waals surface area contributed by atoms with Crippen molar-refractivity contribution >= 4 is 29.7 Å². The van der Waals surface area contributed by atoms with Crippen LogP contribution in [0, 0.1) is 5.92 Å². The van der Waals surface area contributed by atoms with Gasteiger partial charge >= 0.3 is 24.0 Å². The topological polar surface area (TPSA) is 126 Å². The van der Waals surface area contributed by atoms with E-state index in [-0.39, 0.29) is 31.7 Å². The summed E-state index contributed by atoms with van der Waals surface area (Å²) in [5.41, 5.74) is 1.91. The first-order valence-electron chi connectivity index (χ1n) is 11.4. The predicted molar refractivity (Wildman–Crippen MR) is 127 cm³/mol. The van der Waals surface area contributed by atoms with Crippen LogP contribution in [0.1, 0.15) is 52.6 Å². The lowest BCUT2D eigenvalue weighted by molar-refractivity contribution is -0.142. The number of carbonyl (C=O) groups is 4. The third-order valence-corrected chi connectivity index (χ3v) is 4.99. The Kier molecular flexibility index (Phi) is 9.91. The lowest BCUT2D eigenvalue weighted by Gasteiger charge is -2.35. The van der Waals surface area contributed by atoms with Crippen LogP contribution in [0.4, 0.5) is 15.3 Å². The van der Waals surface area contributed by atoms with Crippen LogP contribution in [0.15, 0.2) is 35.5 Å². The molecular weight excluding hydrogens is 440 g/mol. The maximum atomic E-state index is 13.0. The van der Waals surface area contributed by atoms with Gasteiger partial charge in [0.05, 0.1) is 24.8 Å². The van der Waals surface area contributed by atoms with E-state index in [0.717, 1.165) is 6.42 Å². The summed E-state index contributed by atoms with van der Waals surface area (Å²) < 4.78 is 10.3. The number of carbonyl (C=O) groups excluding carboxylic acids is 4. The molecule has 2 rings (SSSR count). The highest BCUT2D eigenvalue weighted by molar-refractivity contribution is 5.95. The van der Waals surface area contributed by atoms with E-state index in [1.807, 2.05) is 20.8 Å². The Labute approximate surface area is 200 Å². The van der Waals surface area contributed by atoms with Gasteiger partial charge < -0.3 is 25.4 Å². The molecule has 4 amide bonds. The highest BCUT2D eigenvalue weighted by atomic mass is 16.5. The first kappa shape index (κ1) is 26.7. The molecule has 1 heterocycles. The SMILES string of the molecule is CCCN1C(=O)NC(c2cccc(NC(=O)NCC(=O)OCC)c2)C(C(=O)OCC(C)C)=C1C. The second-order valence-corrected chi connectivity index (χ2v) is 8.26. The number of rotatable bonds is 10. The maximum absolute atomic E-state index is 13.0. The van der Waals surface area contributed by atoms with Crippen molar-refractivity contribution in [1.82, 2.24) is 15.5 Å². The number of esters is 2. The minimum absolute atomic E-state index is 0.161. The van der Waals surface area contributed by atoms with Crippen LogP contribution in [0.3, 0.4) is 0 Å². The van der Waals surface area contributed by atoms with Crippen molar-refractivity contribution in [1.29, 1.82) is 0 Å². The molecule has 0 bridgehead atoms. The summed E-state index contributed by atoms with van der Waals surface area (Å²) in [5.74, 6) is -0.880. The molecule has 0 radical (unpaired) electrons. The van der Waals surface area contributed by atoms with Gasteiger partial charge in [0.1, 0.15) is 6.54 Å². The summed E-state index contributed by atoms with van der Waals surface area (Å²) >= 11 is 0. The zero-order valence-electron chi connectivity index (χ0n) is 20.4. The van der Waals surface area contributed by atoms with E-state index in [1.54, 1.807) is 38.1 Å². The Morgan fingerprint density at radius 1 is 1.18 bits per heavy atom. The first-order valence-corrected chi connectivity index (χ1v) is 11.4. The largest absolute Gasteiger partial charge is 0.465 e. The summed E-state index contributed by atoms with van der Waals surface area (Å²) in [6.07, 6.45) is 0.726. The highest BCUT2D eigenvalue weighted by Gasteiger charge is 2.36. The molecule has 0 spiro atoms. The molecule has 10 nitrogen and oxygen atoms in total. The van der Waals surface area contributed by atoms with Crippen molar-refractivity contribution in [2.75, 3.05) is 31.6 Å². The van der Waals surface area contributed by atoms with E-state index >= 15 is 0 Å². The molecule has 10 heteroatoms. The fourth-order valence-corrected chi connectivity index (χ4v) is 3.44. The average molecular weight is 475 g/mol. The second-order valence-electron chi connectivity index (χ2n) is 8.26. The quantitative estimate of drug-likeness (QED) is 0.447. The number of nitrogens with zero attached hydrogens (tertiary/aromatic N) is 1. The Balaban J connectivity index is 2.28. The third kappa shape index (κ3) is 7.23. The van der Waals surface area contributed by atoms with Gasteiger partial charge in [-0.2, -0.15) is 0 Å². The molecule has 1 atom stereocenters. The van der Waals surface area contributed by atoms with E-state index in [1.165, 1.54) is 4.90 Å². The molecule has 1 aliphatic heterocycles. The van der Waals surface area contributed by atoms with E-state index in [2.05, 4.69) is 16.0 Å². The number of hydrogen-bond donors (Lipinski definition) is 3. The Morgan fingerprint density at radius 3 is 2.56 bits per heavy atom. The van der Waals surface area contributed by atoms with E-state index in [4.69, 9.17) is 9.47 Å². The lowest BCUT2D eigenvalue weighted by atomic mass is 9.94. The highest BCUT2D eigenvalue weighted by Crippen LogP contribution is 2.32. The fraction of sp³-hybridized carbons (Fsp3) is 0.500. The predicted octanol–water partition coefficient (Wildman–Crippen LogP) is 3.32. The minimum Gasteiger partial charge on any atom is -0.465 e. The average Bonchev–Trinajstić information content (AvgIpc) is 2.79. The van der Waals surface area contributed by atoms with Gasteiger partial charge in [0, 0.05) is 17.9 Å². The number of urea groups is 2. The molecular formula is C24H34N4O6. The van der Waals surface area contributed by atoms with Crippen LogP contribution in [0.2, 0.25) is 0 Å². The van der Waals surface area contributed by atoms with Crippen molar-refractivity contribution in [3.8, 4) is 0 Å². The van der Waals surface area contributed by atoms with E-state index in [0.29, 0.717) is 29.1 Å². The summed E-state index contributed by atoms with van der Waals surface area (Å²) in [6, 6.07) is 5.14. The second kappa shape index (κ2) is 12.6. The van der Waals surface area contributed by atoms with E-state index in [9.17, 15) is 19.2 Å². The van der Waals surface area contributed by atoms with Gasteiger partial charge in [0.2, 0.25) is 0 Å². The molecule has 0 saturated heterocycles. The monoisotopic (exact) mass is 474 g/mol. The number of ether oxygens (including phenoxy) is 2. The normalized spacial score (nSPS) is 15.6. The number of anilines is 1. The molecule has 0 aliphatic carbocycles. The number of hydrogen-bond acceptors (Lipinski definition) is 6. The van der Waals surface area contributed by atoms with Crippen molar-refractivity contribution in [3.63, 3.8) is 0 Å². The summed E-state index contributed by atoms with van der Waals surface area (Å²) in [5, 5.41) is 7.95. The molecule has 186 valence electrons. The molecule has 0 aromatic heterocycles. The number of allylic oxidation sites excluding steroid dienone is 1. The lowest BCUT2D eigenvalue weighted by Crippen LogP contribution is -2.48. The summed E-state index contributed by atoms with van der Waals surface area (Å²) in [6.45, 7) is 9.93. The van der Waals surface area contributed by atoms with Crippen LogP contribution < -0.4 is 16.0 Å². The van der Waals surface area contributed by atoms with Gasteiger partial charge in [-0.05, 0) is 43.9 Å². The molecule has 1 aliphatic rings. The summed E-state index contributed by atoms with van der Waals surface area (Å²) in [7, 11) is 0. The minimum atomic E-state index is -0.746. The van der Waals surface area contributed by atoms with Gasteiger partial charge in [-0.3, -0.25) is 9.69 Å². The van der Waals surface area contributed by atoms with Crippen LogP contribution in [0.5, 0.6) is 0 Å². The zero-order chi connectivity index (χ0) is 25.3. The molecule has 3 N–H and O–H groups in total. The van der Waals surface area contributed by atoms with Crippen molar-refractivity contribution < 1.29 is 28.7 Å². The van der Waals surface area contributed by atoms with Crippen LogP contribution in [-0.2, 0) is 19.1 Å². The number of benzene rings is 1. The fourth-order valence-electron chi connectivity index (χ4n) is 3.44. The van der Waals surface area contributed by atoms with Crippen molar-refractivity contribution in [2.45, 2.75) is 47.1 Å². The maximum Gasteiger partial charge on any atom is 0.338 e. The van der Waals surface area contributed by atoms with Gasteiger partial charge in [0.15, 0.2) is 0 Å². The molecule has 34 heavy (non-hydrogen) atoms. The van der Waals surface area contributed by atoms with Crippen LogP contribution in [0.25, 0.3) is 0 Å². The third-order valence-electron chi connectivity index (χ3n) is 4.99. The van der Waals surface area contributed by atoms with E-state index < -0.39 is 24.0 Å². The van der Waals surface area contributed by atoms with Gasteiger partial charge in [0.25, 0.3) is 0 Å². The van der Waals surface area contributed by atoms with Crippen molar-refractivity contribution in [2.24, 2.45) is 5.92 Å². The molecule has 1 aromatic carbocycles. The molecule has 1 aromatic rings. The molecule has 1 unspecified atom stereocenters. The standard InChI is InChI=1S/C24H34N4O6/c1-6-11-28-16(5)20(22(30)34-14-15(3)4)21(27-24(28)32)17-9-8-10-18(12-17)26-23(31)25-13-19(29)33-7-2/h8-10,12,15,21H,6-7,11,13-14H2,1-5H3,(H,27,32)(H2,25,26,31).